The van der Waals surface area contributed by atoms with Crippen LogP contribution in [-0.4, -0.2) is 34.8 Å². The van der Waals surface area contributed by atoms with Gasteiger partial charge < -0.3 is 20.3 Å². The van der Waals surface area contributed by atoms with Gasteiger partial charge in [0.1, 0.15) is 5.75 Å². The van der Waals surface area contributed by atoms with Crippen LogP contribution in [0.1, 0.15) is 23.7 Å². The van der Waals surface area contributed by atoms with E-state index in [-0.39, 0.29) is 34.9 Å². The third-order valence-corrected chi connectivity index (χ3v) is 3.07. The van der Waals surface area contributed by atoms with E-state index in [1.807, 2.05) is 6.92 Å². The molecule has 1 amide bonds. The van der Waals surface area contributed by atoms with Crippen molar-refractivity contribution >= 4 is 17.6 Å². The number of amides is 1. The summed E-state index contributed by atoms with van der Waals surface area (Å²) >= 11 is 0. The lowest BCUT2D eigenvalue weighted by Gasteiger charge is -2.11. The predicted octanol–water partition coefficient (Wildman–Crippen LogP) is 1.45. The minimum Gasteiger partial charge on any atom is -0.506 e. The molecule has 0 aliphatic carbocycles. The minimum atomic E-state index is -1.13. The molecule has 1 aliphatic rings. The number of anilines is 1. The number of aromatic carboxylic acids is 1. The maximum Gasteiger partial charge on any atom is 0.335 e. The molecule has 1 aliphatic heterocycles. The number of benzene rings is 1. The van der Waals surface area contributed by atoms with Crippen molar-refractivity contribution < 1.29 is 24.5 Å². The number of rotatable bonds is 3. The van der Waals surface area contributed by atoms with Crippen LogP contribution in [0.4, 0.5) is 5.69 Å². The molecule has 0 saturated carbocycles. The molecule has 0 bridgehead atoms. The number of carboxylic acids is 1. The normalized spacial score (nSPS) is 22.2. The maximum absolute atomic E-state index is 11.9. The lowest BCUT2D eigenvalue weighted by molar-refractivity contribution is -0.119. The highest BCUT2D eigenvalue weighted by molar-refractivity contribution is 5.95. The third-order valence-electron chi connectivity index (χ3n) is 3.07. The van der Waals surface area contributed by atoms with Gasteiger partial charge in [-0.15, -0.1) is 0 Å². The van der Waals surface area contributed by atoms with E-state index in [4.69, 9.17) is 9.84 Å². The second-order valence-electron chi connectivity index (χ2n) is 4.60. The van der Waals surface area contributed by atoms with Crippen molar-refractivity contribution in [3.8, 4) is 5.75 Å². The van der Waals surface area contributed by atoms with Gasteiger partial charge in [-0.3, -0.25) is 4.79 Å². The first kappa shape index (κ1) is 13.4. The Kier molecular flexibility index (Phi) is 3.71. The Hall–Kier alpha value is -2.08. The van der Waals surface area contributed by atoms with Crippen molar-refractivity contribution in [2.45, 2.75) is 19.4 Å². The molecule has 0 radical (unpaired) electrons. The highest BCUT2D eigenvalue weighted by Crippen LogP contribution is 2.26. The summed E-state index contributed by atoms with van der Waals surface area (Å²) in [5.41, 5.74) is 0.169. The van der Waals surface area contributed by atoms with E-state index in [1.165, 1.54) is 12.1 Å². The number of phenols is 1. The summed E-state index contributed by atoms with van der Waals surface area (Å²) in [7, 11) is 0. The molecule has 0 aromatic heterocycles. The van der Waals surface area contributed by atoms with Crippen LogP contribution in [-0.2, 0) is 9.53 Å². The summed E-state index contributed by atoms with van der Waals surface area (Å²) in [6.07, 6.45) is 0.693. The van der Waals surface area contributed by atoms with Gasteiger partial charge in [-0.25, -0.2) is 4.79 Å². The van der Waals surface area contributed by atoms with Crippen molar-refractivity contribution in [2.24, 2.45) is 5.92 Å². The Morgan fingerprint density at radius 2 is 2.16 bits per heavy atom. The van der Waals surface area contributed by atoms with Gasteiger partial charge in [0.2, 0.25) is 5.91 Å². The summed E-state index contributed by atoms with van der Waals surface area (Å²) in [6, 6.07) is 3.80. The Morgan fingerprint density at radius 1 is 1.42 bits per heavy atom. The molecule has 1 heterocycles. The van der Waals surface area contributed by atoms with Crippen LogP contribution in [0.25, 0.3) is 0 Å². The fraction of sp³-hybridized carbons (Fsp3) is 0.385. The Morgan fingerprint density at radius 3 is 2.68 bits per heavy atom. The number of carbonyl (C=O) groups is 2. The average molecular weight is 265 g/mol. The van der Waals surface area contributed by atoms with Gasteiger partial charge in [0.15, 0.2) is 0 Å². The van der Waals surface area contributed by atoms with Gasteiger partial charge in [-0.05, 0) is 31.5 Å². The number of nitrogens with one attached hydrogen (secondary N) is 1. The number of aromatic hydroxyl groups is 1. The molecule has 3 N–H and O–H groups in total. The van der Waals surface area contributed by atoms with E-state index < -0.39 is 5.97 Å². The summed E-state index contributed by atoms with van der Waals surface area (Å²) in [5.74, 6) is -1.87. The number of carbonyl (C=O) groups excluding carboxylic acids is 1. The van der Waals surface area contributed by atoms with Gasteiger partial charge in [-0.1, -0.05) is 0 Å². The van der Waals surface area contributed by atoms with Gasteiger partial charge in [-0.2, -0.15) is 0 Å². The Balaban J connectivity index is 2.07. The highest BCUT2D eigenvalue weighted by Gasteiger charge is 2.28. The predicted molar refractivity (Wildman–Crippen MR) is 67.2 cm³/mol. The van der Waals surface area contributed by atoms with E-state index in [0.717, 1.165) is 6.07 Å². The SMILES string of the molecule is CC1CC(C(=O)Nc2ccc(C(=O)O)cc2O)CO1. The monoisotopic (exact) mass is 265 g/mol. The number of hydrogen-bond donors (Lipinski definition) is 3. The fourth-order valence-corrected chi connectivity index (χ4v) is 2.01. The quantitative estimate of drug-likeness (QED) is 0.719. The van der Waals surface area contributed by atoms with Crippen LogP contribution in [0.3, 0.4) is 0 Å². The molecule has 1 aromatic rings. The summed E-state index contributed by atoms with van der Waals surface area (Å²) in [5, 5.41) is 21.0. The van der Waals surface area contributed by atoms with E-state index in [1.54, 1.807) is 0 Å². The van der Waals surface area contributed by atoms with Crippen LogP contribution in [0.5, 0.6) is 5.75 Å². The van der Waals surface area contributed by atoms with Crippen molar-refractivity contribution in [3.05, 3.63) is 23.8 Å². The largest absolute Gasteiger partial charge is 0.506 e. The number of carboxylic acid groups (broad SMARTS) is 1. The van der Waals surface area contributed by atoms with Crippen molar-refractivity contribution in [1.82, 2.24) is 0 Å². The van der Waals surface area contributed by atoms with E-state index in [9.17, 15) is 14.7 Å². The van der Waals surface area contributed by atoms with Crippen LogP contribution < -0.4 is 5.32 Å². The molecule has 6 nitrogen and oxygen atoms in total. The summed E-state index contributed by atoms with van der Waals surface area (Å²) < 4.78 is 5.30. The van der Waals surface area contributed by atoms with Gasteiger partial charge >= 0.3 is 5.97 Å². The first-order valence-electron chi connectivity index (χ1n) is 5.96. The third kappa shape index (κ3) is 3.03. The van der Waals surface area contributed by atoms with Crippen LogP contribution >= 0.6 is 0 Å². The van der Waals surface area contributed by atoms with Gasteiger partial charge in [0, 0.05) is 0 Å². The Labute approximate surface area is 110 Å². The molecule has 0 spiro atoms. The molecule has 6 heteroatoms. The van der Waals surface area contributed by atoms with Crippen molar-refractivity contribution in [2.75, 3.05) is 11.9 Å². The zero-order chi connectivity index (χ0) is 14.0. The molecular formula is C13H15NO5. The molecule has 19 heavy (non-hydrogen) atoms. The Bertz CT molecular complexity index is 514. The summed E-state index contributed by atoms with van der Waals surface area (Å²) in [6.45, 7) is 2.26. The zero-order valence-corrected chi connectivity index (χ0v) is 10.4. The first-order valence-corrected chi connectivity index (χ1v) is 5.96. The molecule has 1 fully saturated rings. The fourth-order valence-electron chi connectivity index (χ4n) is 2.01. The second kappa shape index (κ2) is 5.27. The van der Waals surface area contributed by atoms with E-state index in [2.05, 4.69) is 5.32 Å². The molecule has 1 aromatic carbocycles. The number of hydrogen-bond acceptors (Lipinski definition) is 4. The molecule has 2 unspecified atom stereocenters. The minimum absolute atomic E-state index is 0.0340. The molecule has 1 saturated heterocycles. The molecule has 2 rings (SSSR count). The van der Waals surface area contributed by atoms with Crippen LogP contribution in [0.15, 0.2) is 18.2 Å². The molecular weight excluding hydrogens is 250 g/mol. The van der Waals surface area contributed by atoms with Crippen LogP contribution in [0, 0.1) is 5.92 Å². The van der Waals surface area contributed by atoms with Gasteiger partial charge in [0.25, 0.3) is 0 Å². The summed E-state index contributed by atoms with van der Waals surface area (Å²) in [4.78, 5) is 22.6. The molecule has 102 valence electrons. The van der Waals surface area contributed by atoms with Crippen molar-refractivity contribution in [1.29, 1.82) is 0 Å². The smallest absolute Gasteiger partial charge is 0.335 e. The van der Waals surface area contributed by atoms with Crippen LogP contribution in [0.2, 0.25) is 0 Å². The van der Waals surface area contributed by atoms with E-state index >= 15 is 0 Å². The average Bonchev–Trinajstić information content (AvgIpc) is 2.78. The van der Waals surface area contributed by atoms with Gasteiger partial charge in [0.05, 0.1) is 29.9 Å². The highest BCUT2D eigenvalue weighted by atomic mass is 16.5. The van der Waals surface area contributed by atoms with Crippen molar-refractivity contribution in [3.63, 3.8) is 0 Å². The topological polar surface area (TPSA) is 95.9 Å². The number of phenolic OH excluding ortho intramolecular Hbond substituents is 1. The zero-order valence-electron chi connectivity index (χ0n) is 10.4. The maximum atomic E-state index is 11.9. The molecule has 2 atom stereocenters. The second-order valence-corrected chi connectivity index (χ2v) is 4.60. The standard InChI is InChI=1S/C13H15NO5/c1-7-4-9(6-19-7)12(16)14-10-3-2-8(13(17)18)5-11(10)15/h2-3,5,7,9,15H,4,6H2,1H3,(H,14,16)(H,17,18). The number of ether oxygens (including phenoxy) is 1. The lowest BCUT2D eigenvalue weighted by Crippen LogP contribution is -2.23. The van der Waals surface area contributed by atoms with E-state index in [0.29, 0.717) is 13.0 Å². The first-order chi connectivity index (χ1) is 8.97. The lowest BCUT2D eigenvalue weighted by atomic mass is 10.1.